The van der Waals surface area contributed by atoms with Gasteiger partial charge in [0.2, 0.25) is 0 Å². The van der Waals surface area contributed by atoms with E-state index in [-0.39, 0.29) is 5.54 Å². The Kier molecular flexibility index (Phi) is 2.86. The van der Waals surface area contributed by atoms with E-state index in [2.05, 4.69) is 57.0 Å². The lowest BCUT2D eigenvalue weighted by Gasteiger charge is -2.10. The third-order valence-corrected chi connectivity index (χ3v) is 1.68. The zero-order valence-electron chi connectivity index (χ0n) is 8.83. The molecule has 1 rings (SSSR count). The molecule has 0 aliphatic rings. The second kappa shape index (κ2) is 3.73. The smallest absolute Gasteiger partial charge is 0.0524 e. The average Bonchev–Trinajstić information content (AvgIpc) is 2.02. The quantitative estimate of drug-likeness (QED) is 0.581. The molecule has 0 amide bonds. The molecule has 0 unspecified atom stereocenters. The highest BCUT2D eigenvalue weighted by Crippen LogP contribution is 2.07. The molecule has 0 fully saturated rings. The Labute approximate surface area is 80.5 Å². The van der Waals surface area contributed by atoms with Crippen LogP contribution in [0, 0.1) is 6.92 Å². The lowest BCUT2D eigenvalue weighted by Crippen LogP contribution is -2.09. The van der Waals surface area contributed by atoms with E-state index in [4.69, 9.17) is 0 Å². The van der Waals surface area contributed by atoms with Crippen molar-refractivity contribution in [3.63, 3.8) is 0 Å². The molecule has 0 bridgehead atoms. The van der Waals surface area contributed by atoms with Crippen molar-refractivity contribution in [1.29, 1.82) is 0 Å². The summed E-state index contributed by atoms with van der Waals surface area (Å²) in [5.74, 6) is 0. The van der Waals surface area contributed by atoms with Gasteiger partial charge in [0, 0.05) is 6.21 Å². The molecule has 0 heterocycles. The number of benzene rings is 1. The molecule has 0 radical (unpaired) electrons. The third-order valence-electron chi connectivity index (χ3n) is 1.68. The fourth-order valence-corrected chi connectivity index (χ4v) is 0.921. The summed E-state index contributed by atoms with van der Waals surface area (Å²) in [6, 6.07) is 8.38. The molecular formula is C12H17N. The van der Waals surface area contributed by atoms with E-state index in [0.29, 0.717) is 0 Å². The topological polar surface area (TPSA) is 12.4 Å². The van der Waals surface area contributed by atoms with Gasteiger partial charge >= 0.3 is 0 Å². The third kappa shape index (κ3) is 3.88. The number of rotatable bonds is 1. The van der Waals surface area contributed by atoms with Gasteiger partial charge in [-0.15, -0.1) is 0 Å². The van der Waals surface area contributed by atoms with E-state index >= 15 is 0 Å². The van der Waals surface area contributed by atoms with Crippen molar-refractivity contribution < 1.29 is 0 Å². The normalized spacial score (nSPS) is 12.3. The Hall–Kier alpha value is -1.11. The predicted octanol–water partition coefficient (Wildman–Crippen LogP) is 3.21. The van der Waals surface area contributed by atoms with E-state index in [1.54, 1.807) is 0 Å². The predicted molar refractivity (Wildman–Crippen MR) is 58.5 cm³/mol. The van der Waals surface area contributed by atoms with Crippen molar-refractivity contribution in [2.45, 2.75) is 33.2 Å². The number of hydrogen-bond acceptors (Lipinski definition) is 1. The minimum absolute atomic E-state index is 0.0187. The highest BCUT2D eigenvalue weighted by Gasteiger charge is 2.04. The molecule has 0 spiro atoms. The van der Waals surface area contributed by atoms with Crippen LogP contribution in [0.5, 0.6) is 0 Å². The molecule has 13 heavy (non-hydrogen) atoms. The van der Waals surface area contributed by atoms with Gasteiger partial charge in [-0.05, 0) is 33.3 Å². The van der Waals surface area contributed by atoms with Gasteiger partial charge in [-0.3, -0.25) is 4.99 Å². The molecule has 1 aromatic rings. The first-order valence-electron chi connectivity index (χ1n) is 4.59. The molecule has 0 aromatic heterocycles. The minimum atomic E-state index is 0.0187. The minimum Gasteiger partial charge on any atom is -0.287 e. The molecule has 70 valence electrons. The van der Waals surface area contributed by atoms with Crippen LogP contribution in [0.3, 0.4) is 0 Å². The summed E-state index contributed by atoms with van der Waals surface area (Å²) in [6.45, 7) is 8.37. The second-order valence-electron chi connectivity index (χ2n) is 4.34. The molecular weight excluding hydrogens is 158 g/mol. The van der Waals surface area contributed by atoms with Gasteiger partial charge in [0.05, 0.1) is 5.54 Å². The highest BCUT2D eigenvalue weighted by molar-refractivity contribution is 5.79. The van der Waals surface area contributed by atoms with Gasteiger partial charge in [0.25, 0.3) is 0 Å². The van der Waals surface area contributed by atoms with E-state index in [1.807, 2.05) is 6.21 Å². The van der Waals surface area contributed by atoms with Crippen molar-refractivity contribution in [2.75, 3.05) is 0 Å². The van der Waals surface area contributed by atoms with Gasteiger partial charge in [0.15, 0.2) is 0 Å². The maximum absolute atomic E-state index is 4.43. The monoisotopic (exact) mass is 175 g/mol. The van der Waals surface area contributed by atoms with Crippen LogP contribution in [0.4, 0.5) is 0 Å². The summed E-state index contributed by atoms with van der Waals surface area (Å²) in [7, 11) is 0. The van der Waals surface area contributed by atoms with Crippen molar-refractivity contribution in [3.8, 4) is 0 Å². The summed E-state index contributed by atoms with van der Waals surface area (Å²) in [5, 5.41) is 0. The SMILES string of the molecule is Cc1ccc(/C=N/C(C)(C)C)cc1. The number of aryl methyl sites for hydroxylation is 1. The Bertz CT molecular complexity index is 288. The van der Waals surface area contributed by atoms with Gasteiger partial charge in [-0.25, -0.2) is 0 Å². The van der Waals surface area contributed by atoms with Gasteiger partial charge in [-0.1, -0.05) is 29.8 Å². The fourth-order valence-electron chi connectivity index (χ4n) is 0.921. The maximum atomic E-state index is 4.43. The standard InChI is InChI=1S/C12H17N/c1-10-5-7-11(8-6-10)9-13-12(2,3)4/h5-9H,1-4H3/b13-9+. The van der Waals surface area contributed by atoms with Crippen LogP contribution in [-0.2, 0) is 0 Å². The summed E-state index contributed by atoms with van der Waals surface area (Å²) in [5.41, 5.74) is 2.47. The van der Waals surface area contributed by atoms with E-state index in [9.17, 15) is 0 Å². The molecule has 1 nitrogen and oxygen atoms in total. The van der Waals surface area contributed by atoms with Crippen LogP contribution in [0.2, 0.25) is 0 Å². The Morgan fingerprint density at radius 3 is 2.08 bits per heavy atom. The lowest BCUT2D eigenvalue weighted by molar-refractivity contribution is 0.586. The average molecular weight is 175 g/mol. The molecule has 1 heteroatoms. The number of hydrogen-bond donors (Lipinski definition) is 0. The zero-order valence-corrected chi connectivity index (χ0v) is 8.83. The first kappa shape index (κ1) is 9.97. The lowest BCUT2D eigenvalue weighted by atomic mass is 10.1. The number of nitrogens with zero attached hydrogens (tertiary/aromatic N) is 1. The van der Waals surface area contributed by atoms with Crippen molar-refractivity contribution in [2.24, 2.45) is 4.99 Å². The van der Waals surface area contributed by atoms with Crippen molar-refractivity contribution in [1.82, 2.24) is 0 Å². The highest BCUT2D eigenvalue weighted by atomic mass is 14.8. The van der Waals surface area contributed by atoms with Crippen molar-refractivity contribution in [3.05, 3.63) is 35.4 Å². The van der Waals surface area contributed by atoms with Gasteiger partial charge in [-0.2, -0.15) is 0 Å². The Morgan fingerprint density at radius 1 is 1.08 bits per heavy atom. The largest absolute Gasteiger partial charge is 0.287 e. The van der Waals surface area contributed by atoms with E-state index < -0.39 is 0 Å². The molecule has 0 atom stereocenters. The van der Waals surface area contributed by atoms with Crippen LogP contribution in [0.25, 0.3) is 0 Å². The van der Waals surface area contributed by atoms with Crippen LogP contribution >= 0.6 is 0 Å². The van der Waals surface area contributed by atoms with Crippen LogP contribution in [-0.4, -0.2) is 11.8 Å². The van der Waals surface area contributed by atoms with Crippen LogP contribution in [0.15, 0.2) is 29.3 Å². The van der Waals surface area contributed by atoms with Gasteiger partial charge < -0.3 is 0 Å². The molecule has 0 saturated heterocycles. The van der Waals surface area contributed by atoms with Crippen LogP contribution in [0.1, 0.15) is 31.9 Å². The molecule has 0 N–H and O–H groups in total. The van der Waals surface area contributed by atoms with E-state index in [1.165, 1.54) is 11.1 Å². The zero-order chi connectivity index (χ0) is 9.90. The van der Waals surface area contributed by atoms with Crippen molar-refractivity contribution >= 4 is 6.21 Å². The molecule has 0 aliphatic heterocycles. The van der Waals surface area contributed by atoms with Crippen LogP contribution < -0.4 is 0 Å². The molecule has 1 aromatic carbocycles. The van der Waals surface area contributed by atoms with Gasteiger partial charge in [0.1, 0.15) is 0 Å². The summed E-state index contributed by atoms with van der Waals surface area (Å²) in [4.78, 5) is 4.43. The second-order valence-corrected chi connectivity index (χ2v) is 4.34. The van der Waals surface area contributed by atoms with E-state index in [0.717, 1.165) is 0 Å². The Morgan fingerprint density at radius 2 is 1.62 bits per heavy atom. The first-order chi connectivity index (χ1) is 5.97. The summed E-state index contributed by atoms with van der Waals surface area (Å²) < 4.78 is 0. The molecule has 0 saturated carbocycles. The summed E-state index contributed by atoms with van der Waals surface area (Å²) >= 11 is 0. The summed E-state index contributed by atoms with van der Waals surface area (Å²) in [6.07, 6.45) is 1.93. The maximum Gasteiger partial charge on any atom is 0.0524 e. The Balaban J connectivity index is 2.75. The molecule has 0 aliphatic carbocycles. The fraction of sp³-hybridized carbons (Fsp3) is 0.417. The first-order valence-corrected chi connectivity index (χ1v) is 4.59. The number of aliphatic imine (C=N–C) groups is 1.